The number of nitrogens with zero attached hydrogens (tertiary/aromatic N) is 1. The van der Waals surface area contributed by atoms with E-state index in [1.54, 1.807) is 11.3 Å². The summed E-state index contributed by atoms with van der Waals surface area (Å²) < 4.78 is 1.23. The molecule has 0 fully saturated rings. The predicted molar refractivity (Wildman–Crippen MR) is 85.6 cm³/mol. The number of para-hydroxylation sites is 1. The number of rotatable bonds is 3. The fourth-order valence-electron chi connectivity index (χ4n) is 2.72. The Balaban J connectivity index is 1.57. The van der Waals surface area contributed by atoms with Gasteiger partial charge in [0.25, 0.3) is 0 Å². The summed E-state index contributed by atoms with van der Waals surface area (Å²) >= 11 is 1.68. The number of anilines is 2. The normalized spacial score (nSPS) is 13.2. The van der Waals surface area contributed by atoms with Crippen LogP contribution in [0.2, 0.25) is 0 Å². The highest BCUT2D eigenvalue weighted by molar-refractivity contribution is 7.16. The van der Waals surface area contributed by atoms with E-state index in [4.69, 9.17) is 0 Å². The molecule has 0 saturated heterocycles. The van der Waals surface area contributed by atoms with E-state index in [1.165, 1.54) is 21.5 Å². The van der Waals surface area contributed by atoms with Gasteiger partial charge in [-0.2, -0.15) is 0 Å². The van der Waals surface area contributed by atoms with E-state index >= 15 is 0 Å². The van der Waals surface area contributed by atoms with Crippen LogP contribution in [-0.4, -0.2) is 11.5 Å². The summed E-state index contributed by atoms with van der Waals surface area (Å²) in [6.45, 7) is 1.90. The second-order valence-electron chi connectivity index (χ2n) is 5.02. The average Bonchev–Trinajstić information content (AvgIpc) is 3.13. The number of aromatic nitrogens is 1. The molecule has 0 spiro atoms. The minimum atomic E-state index is 0.848. The van der Waals surface area contributed by atoms with Gasteiger partial charge in [0.15, 0.2) is 0 Å². The van der Waals surface area contributed by atoms with Crippen molar-refractivity contribution in [2.45, 2.75) is 13.0 Å². The molecule has 0 bridgehead atoms. The van der Waals surface area contributed by atoms with Gasteiger partial charge in [-0.3, -0.25) is 0 Å². The molecule has 4 heteroatoms. The van der Waals surface area contributed by atoms with Gasteiger partial charge in [-0.1, -0.05) is 18.2 Å². The van der Waals surface area contributed by atoms with Gasteiger partial charge in [0.2, 0.25) is 0 Å². The monoisotopic (exact) mass is 281 g/mol. The van der Waals surface area contributed by atoms with Gasteiger partial charge in [0.1, 0.15) is 0 Å². The Hall–Kier alpha value is -2.07. The van der Waals surface area contributed by atoms with Crippen molar-refractivity contribution in [1.29, 1.82) is 0 Å². The largest absolute Gasteiger partial charge is 0.384 e. The van der Waals surface area contributed by atoms with E-state index in [9.17, 15) is 0 Å². The van der Waals surface area contributed by atoms with E-state index in [-0.39, 0.29) is 0 Å². The van der Waals surface area contributed by atoms with Crippen molar-refractivity contribution < 1.29 is 0 Å². The second kappa shape index (κ2) is 4.80. The van der Waals surface area contributed by atoms with Crippen LogP contribution in [0.4, 0.5) is 11.4 Å². The SMILES string of the molecule is c1cc2c(c(CNc3ccc4ncsc4c3)c1)NCC2. The van der Waals surface area contributed by atoms with Gasteiger partial charge >= 0.3 is 0 Å². The highest BCUT2D eigenvalue weighted by atomic mass is 32.1. The van der Waals surface area contributed by atoms with Crippen LogP contribution < -0.4 is 10.6 Å². The number of fused-ring (bicyclic) bond motifs is 2. The first-order valence-electron chi connectivity index (χ1n) is 6.82. The van der Waals surface area contributed by atoms with Gasteiger partial charge in [0.05, 0.1) is 15.7 Å². The van der Waals surface area contributed by atoms with E-state index in [0.29, 0.717) is 0 Å². The highest BCUT2D eigenvalue weighted by Crippen LogP contribution is 2.27. The van der Waals surface area contributed by atoms with Crippen molar-refractivity contribution in [3.05, 3.63) is 53.0 Å². The van der Waals surface area contributed by atoms with Crippen molar-refractivity contribution in [3.8, 4) is 0 Å². The van der Waals surface area contributed by atoms with Gasteiger partial charge in [-0.05, 0) is 35.7 Å². The molecule has 2 aromatic carbocycles. The van der Waals surface area contributed by atoms with Crippen LogP contribution >= 0.6 is 11.3 Å². The summed E-state index contributed by atoms with van der Waals surface area (Å²) in [7, 11) is 0. The maximum atomic E-state index is 4.31. The molecule has 1 aliphatic rings. The third kappa shape index (κ3) is 2.02. The molecule has 2 N–H and O–H groups in total. The van der Waals surface area contributed by atoms with E-state index < -0.39 is 0 Å². The van der Waals surface area contributed by atoms with E-state index in [0.717, 1.165) is 30.7 Å². The van der Waals surface area contributed by atoms with Crippen LogP contribution in [-0.2, 0) is 13.0 Å². The molecule has 0 radical (unpaired) electrons. The maximum Gasteiger partial charge on any atom is 0.0813 e. The Kier molecular flexibility index (Phi) is 2.81. The molecule has 0 unspecified atom stereocenters. The van der Waals surface area contributed by atoms with Gasteiger partial charge in [0, 0.05) is 24.5 Å². The number of thiazole rings is 1. The van der Waals surface area contributed by atoms with Crippen molar-refractivity contribution in [2.75, 3.05) is 17.2 Å². The molecule has 1 aliphatic heterocycles. The second-order valence-corrected chi connectivity index (χ2v) is 5.90. The summed E-state index contributed by atoms with van der Waals surface area (Å²) in [5.74, 6) is 0. The lowest BCUT2D eigenvalue weighted by Gasteiger charge is -2.11. The fourth-order valence-corrected chi connectivity index (χ4v) is 3.44. The molecule has 0 aliphatic carbocycles. The van der Waals surface area contributed by atoms with Crippen molar-refractivity contribution in [1.82, 2.24) is 4.98 Å². The van der Waals surface area contributed by atoms with Crippen molar-refractivity contribution >= 4 is 32.9 Å². The quantitative estimate of drug-likeness (QED) is 0.765. The Labute approximate surface area is 121 Å². The first-order valence-corrected chi connectivity index (χ1v) is 7.70. The third-order valence-electron chi connectivity index (χ3n) is 3.75. The first kappa shape index (κ1) is 11.7. The average molecular weight is 281 g/mol. The highest BCUT2D eigenvalue weighted by Gasteiger charge is 2.13. The molecule has 100 valence electrons. The molecule has 3 aromatic rings. The number of hydrogen-bond acceptors (Lipinski definition) is 4. The van der Waals surface area contributed by atoms with Crippen LogP contribution in [0.15, 0.2) is 41.9 Å². The molecule has 0 amide bonds. The molecule has 0 atom stereocenters. The Bertz CT molecular complexity index is 763. The molecule has 20 heavy (non-hydrogen) atoms. The number of benzene rings is 2. The minimum Gasteiger partial charge on any atom is -0.384 e. The molecular formula is C16H15N3S. The number of hydrogen-bond donors (Lipinski definition) is 2. The van der Waals surface area contributed by atoms with Crippen molar-refractivity contribution in [2.24, 2.45) is 0 Å². The summed E-state index contributed by atoms with van der Waals surface area (Å²) in [5.41, 5.74) is 8.20. The fraction of sp³-hybridized carbons (Fsp3) is 0.188. The Morgan fingerprint density at radius 3 is 3.25 bits per heavy atom. The van der Waals surface area contributed by atoms with Crippen LogP contribution in [0.25, 0.3) is 10.2 Å². The standard InChI is InChI=1S/C16H15N3S/c1-2-11-6-7-17-16(11)12(3-1)9-18-13-4-5-14-15(8-13)20-10-19-14/h1-5,8,10,17-18H,6-7,9H2. The minimum absolute atomic E-state index is 0.848. The molecule has 3 nitrogen and oxygen atoms in total. The lowest BCUT2D eigenvalue weighted by molar-refractivity contribution is 1.11. The lowest BCUT2D eigenvalue weighted by atomic mass is 10.1. The molecule has 4 rings (SSSR count). The summed E-state index contributed by atoms with van der Waals surface area (Å²) in [4.78, 5) is 4.31. The summed E-state index contributed by atoms with van der Waals surface area (Å²) in [6, 6.07) is 12.9. The first-order chi connectivity index (χ1) is 9.90. The van der Waals surface area contributed by atoms with Gasteiger partial charge in [-0.25, -0.2) is 4.98 Å². The molecule has 0 saturated carbocycles. The number of nitrogens with one attached hydrogen (secondary N) is 2. The van der Waals surface area contributed by atoms with Gasteiger partial charge < -0.3 is 10.6 Å². The lowest BCUT2D eigenvalue weighted by Crippen LogP contribution is -2.02. The van der Waals surface area contributed by atoms with E-state index in [2.05, 4.69) is 52.0 Å². The van der Waals surface area contributed by atoms with Crippen LogP contribution in [0.1, 0.15) is 11.1 Å². The zero-order chi connectivity index (χ0) is 13.4. The molecular weight excluding hydrogens is 266 g/mol. The van der Waals surface area contributed by atoms with Crippen LogP contribution in [0.5, 0.6) is 0 Å². The summed E-state index contributed by atoms with van der Waals surface area (Å²) in [6.07, 6.45) is 1.13. The van der Waals surface area contributed by atoms with Crippen LogP contribution in [0.3, 0.4) is 0 Å². The van der Waals surface area contributed by atoms with Gasteiger partial charge in [-0.15, -0.1) is 11.3 Å². The molecule has 2 heterocycles. The zero-order valence-electron chi connectivity index (χ0n) is 11.0. The van der Waals surface area contributed by atoms with Crippen LogP contribution in [0, 0.1) is 0 Å². The predicted octanol–water partition coefficient (Wildman–Crippen LogP) is 3.88. The Morgan fingerprint density at radius 2 is 2.25 bits per heavy atom. The van der Waals surface area contributed by atoms with E-state index in [1.807, 2.05) is 5.51 Å². The van der Waals surface area contributed by atoms with Crippen molar-refractivity contribution in [3.63, 3.8) is 0 Å². The molecule has 1 aromatic heterocycles. The third-order valence-corrected chi connectivity index (χ3v) is 4.54. The topological polar surface area (TPSA) is 37.0 Å². The Morgan fingerprint density at radius 1 is 1.25 bits per heavy atom. The zero-order valence-corrected chi connectivity index (χ0v) is 11.8. The maximum absolute atomic E-state index is 4.31. The summed E-state index contributed by atoms with van der Waals surface area (Å²) in [5, 5.41) is 6.99. The smallest absolute Gasteiger partial charge is 0.0813 e.